The van der Waals surface area contributed by atoms with E-state index in [1.54, 1.807) is 24.3 Å². The molecule has 37 heavy (non-hydrogen) atoms. The van der Waals surface area contributed by atoms with Crippen molar-refractivity contribution in [1.82, 2.24) is 19.8 Å². The minimum Gasteiger partial charge on any atom is -0.406 e. The molecule has 0 aliphatic carbocycles. The van der Waals surface area contributed by atoms with Crippen molar-refractivity contribution in [2.75, 3.05) is 32.0 Å². The van der Waals surface area contributed by atoms with E-state index in [1.165, 1.54) is 12.1 Å². The molecular formula is C25H26F3N7O2. The lowest BCUT2D eigenvalue weighted by Crippen LogP contribution is -2.56. The first-order valence-electron chi connectivity index (χ1n) is 11.4. The van der Waals surface area contributed by atoms with Crippen LogP contribution < -0.4 is 10.1 Å². The highest BCUT2D eigenvalue weighted by Crippen LogP contribution is 2.29. The summed E-state index contributed by atoms with van der Waals surface area (Å²) in [5, 5.41) is 2.73. The first kappa shape index (κ1) is 25.7. The maximum absolute atomic E-state index is 12.9. The number of alkyl halides is 3. The van der Waals surface area contributed by atoms with Crippen LogP contribution in [0.4, 0.5) is 29.5 Å². The summed E-state index contributed by atoms with van der Waals surface area (Å²) in [6.07, 6.45) is -1.35. The van der Waals surface area contributed by atoms with E-state index in [1.807, 2.05) is 25.1 Å². The van der Waals surface area contributed by atoms with Crippen LogP contribution >= 0.6 is 0 Å². The fourth-order valence-electron chi connectivity index (χ4n) is 4.24. The van der Waals surface area contributed by atoms with Gasteiger partial charge < -0.3 is 24.8 Å². The SMILES string of the molecule is C=Nc1[nH]c(-c2ccncc2)cc1/C(=N\C)N1CCN(C(=O)Nc2ccc(OC(F)(F)F)cc2)[C@@H](C)C1. The molecule has 1 saturated heterocycles. The Labute approximate surface area is 211 Å². The smallest absolute Gasteiger partial charge is 0.406 e. The number of amides is 2. The van der Waals surface area contributed by atoms with Gasteiger partial charge in [-0.25, -0.2) is 9.79 Å². The van der Waals surface area contributed by atoms with Crippen LogP contribution in [0.5, 0.6) is 5.75 Å². The zero-order chi connectivity index (χ0) is 26.6. The molecule has 3 heterocycles. The van der Waals surface area contributed by atoms with E-state index in [0.717, 1.165) is 34.8 Å². The van der Waals surface area contributed by atoms with Crippen molar-refractivity contribution in [3.8, 4) is 17.0 Å². The van der Waals surface area contributed by atoms with Gasteiger partial charge >= 0.3 is 12.4 Å². The molecule has 2 amide bonds. The molecule has 2 N–H and O–H groups in total. The number of nitrogens with zero attached hydrogens (tertiary/aromatic N) is 5. The second-order valence-electron chi connectivity index (χ2n) is 8.38. The fourth-order valence-corrected chi connectivity index (χ4v) is 4.24. The van der Waals surface area contributed by atoms with Gasteiger partial charge in [0.15, 0.2) is 0 Å². The second kappa shape index (κ2) is 10.7. The zero-order valence-corrected chi connectivity index (χ0v) is 20.3. The van der Waals surface area contributed by atoms with E-state index in [4.69, 9.17) is 0 Å². The number of rotatable bonds is 5. The highest BCUT2D eigenvalue weighted by molar-refractivity contribution is 6.04. The normalized spacial score (nSPS) is 16.5. The van der Waals surface area contributed by atoms with E-state index >= 15 is 0 Å². The molecule has 3 aromatic rings. The summed E-state index contributed by atoms with van der Waals surface area (Å²) in [7, 11) is 1.71. The number of urea groups is 1. The zero-order valence-electron chi connectivity index (χ0n) is 20.3. The summed E-state index contributed by atoms with van der Waals surface area (Å²) in [5.41, 5.74) is 2.98. The number of aromatic nitrogens is 2. The maximum atomic E-state index is 12.9. The molecule has 1 fully saturated rings. The molecule has 1 aliphatic heterocycles. The minimum atomic E-state index is -4.77. The molecular weight excluding hydrogens is 487 g/mol. The van der Waals surface area contributed by atoms with Crippen LogP contribution in [0.15, 0.2) is 64.8 Å². The molecule has 0 radical (unpaired) electrons. The standard InChI is InChI=1S/C25H26F3N7O2/c1-16-15-34(23(30-3)20-14-21(33-22(20)29-2)17-8-10-31-11-9-17)12-13-35(16)24(36)32-18-4-6-19(7-5-18)37-25(26,27)28/h4-11,14,16,33H,2,12-13,15H2,1,3H3,(H,32,36)/b30-23+/t16-/m0/s1. The first-order chi connectivity index (χ1) is 17.7. The number of amidine groups is 1. The first-order valence-corrected chi connectivity index (χ1v) is 11.4. The molecule has 0 bridgehead atoms. The largest absolute Gasteiger partial charge is 0.573 e. The summed E-state index contributed by atoms with van der Waals surface area (Å²) in [6.45, 7) is 7.06. The molecule has 2 aromatic heterocycles. The number of benzene rings is 1. The third-order valence-electron chi connectivity index (χ3n) is 5.93. The lowest BCUT2D eigenvalue weighted by atomic mass is 10.1. The van der Waals surface area contributed by atoms with Gasteiger partial charge in [-0.15, -0.1) is 13.2 Å². The Bertz CT molecular complexity index is 1270. The van der Waals surface area contributed by atoms with Gasteiger partial charge in [0.1, 0.15) is 17.4 Å². The lowest BCUT2D eigenvalue weighted by Gasteiger charge is -2.41. The molecule has 194 valence electrons. The van der Waals surface area contributed by atoms with Gasteiger partial charge in [-0.2, -0.15) is 0 Å². The van der Waals surface area contributed by atoms with Crippen molar-refractivity contribution >= 4 is 30.1 Å². The van der Waals surface area contributed by atoms with Crippen molar-refractivity contribution in [2.45, 2.75) is 19.3 Å². The van der Waals surface area contributed by atoms with E-state index < -0.39 is 6.36 Å². The fraction of sp³-hybridized carbons (Fsp3) is 0.280. The summed E-state index contributed by atoms with van der Waals surface area (Å²) in [4.78, 5) is 32.6. The Morgan fingerprint density at radius 3 is 2.49 bits per heavy atom. The van der Waals surface area contributed by atoms with Gasteiger partial charge in [0.25, 0.3) is 0 Å². The monoisotopic (exact) mass is 513 g/mol. The summed E-state index contributed by atoms with van der Waals surface area (Å²) in [5.74, 6) is 0.966. The maximum Gasteiger partial charge on any atom is 0.573 e. The highest BCUT2D eigenvalue weighted by Gasteiger charge is 2.32. The molecule has 1 aromatic carbocycles. The predicted octanol–water partition coefficient (Wildman–Crippen LogP) is 4.92. The average molecular weight is 514 g/mol. The Balaban J connectivity index is 1.43. The number of piperazine rings is 1. The summed E-state index contributed by atoms with van der Waals surface area (Å²) in [6, 6.07) is 10.3. The highest BCUT2D eigenvalue weighted by atomic mass is 19.4. The van der Waals surface area contributed by atoms with Crippen molar-refractivity contribution in [1.29, 1.82) is 0 Å². The van der Waals surface area contributed by atoms with E-state index in [9.17, 15) is 18.0 Å². The van der Waals surface area contributed by atoms with Gasteiger partial charge in [0.05, 0.1) is 5.56 Å². The average Bonchev–Trinajstić information content (AvgIpc) is 3.29. The van der Waals surface area contributed by atoms with Gasteiger partial charge in [-0.3, -0.25) is 9.98 Å². The summed E-state index contributed by atoms with van der Waals surface area (Å²) >= 11 is 0. The van der Waals surface area contributed by atoms with Gasteiger partial charge in [-0.05, 0) is 56.1 Å². The third-order valence-corrected chi connectivity index (χ3v) is 5.93. The number of H-pyrrole nitrogens is 1. The number of carbonyl (C=O) groups is 1. The summed E-state index contributed by atoms with van der Waals surface area (Å²) < 4.78 is 40.9. The van der Waals surface area contributed by atoms with Crippen molar-refractivity contribution in [2.24, 2.45) is 9.98 Å². The van der Waals surface area contributed by atoms with Crippen LogP contribution in [0.1, 0.15) is 12.5 Å². The Morgan fingerprint density at radius 2 is 1.89 bits per heavy atom. The molecule has 0 spiro atoms. The number of aromatic amines is 1. The van der Waals surface area contributed by atoms with Gasteiger partial charge in [0.2, 0.25) is 0 Å². The number of hydrogen-bond donors (Lipinski definition) is 2. The molecule has 4 rings (SSSR count). The molecule has 1 atom stereocenters. The Morgan fingerprint density at radius 1 is 1.19 bits per heavy atom. The third kappa shape index (κ3) is 6.08. The second-order valence-corrected chi connectivity index (χ2v) is 8.38. The number of aliphatic imine (C=N–C) groups is 2. The van der Waals surface area contributed by atoms with Crippen molar-refractivity contribution in [3.63, 3.8) is 0 Å². The van der Waals surface area contributed by atoms with Crippen LogP contribution in [-0.4, -0.2) is 77.4 Å². The molecule has 0 unspecified atom stereocenters. The number of anilines is 1. The van der Waals surface area contributed by atoms with Gasteiger partial charge in [-0.1, -0.05) is 0 Å². The number of halogens is 3. The van der Waals surface area contributed by atoms with Gasteiger partial charge in [0, 0.05) is 62.1 Å². The minimum absolute atomic E-state index is 0.169. The van der Waals surface area contributed by atoms with E-state index in [2.05, 4.69) is 41.6 Å². The number of pyridine rings is 1. The number of hydrogen-bond acceptors (Lipinski definition) is 5. The van der Waals surface area contributed by atoms with Crippen LogP contribution in [0.2, 0.25) is 0 Å². The quantitative estimate of drug-likeness (QED) is 0.374. The van der Waals surface area contributed by atoms with Crippen LogP contribution in [0, 0.1) is 0 Å². The van der Waals surface area contributed by atoms with E-state index in [-0.39, 0.29) is 17.8 Å². The number of carbonyl (C=O) groups excluding carboxylic acids is 1. The number of nitrogens with one attached hydrogen (secondary N) is 2. The van der Waals surface area contributed by atoms with Crippen LogP contribution in [-0.2, 0) is 0 Å². The van der Waals surface area contributed by atoms with E-state index in [0.29, 0.717) is 31.1 Å². The predicted molar refractivity (Wildman–Crippen MR) is 136 cm³/mol. The molecule has 1 aliphatic rings. The Kier molecular flexibility index (Phi) is 7.46. The van der Waals surface area contributed by atoms with Crippen molar-refractivity contribution in [3.05, 3.63) is 60.4 Å². The molecule has 12 heteroatoms. The topological polar surface area (TPSA) is 98.2 Å². The van der Waals surface area contributed by atoms with Crippen molar-refractivity contribution < 1.29 is 22.7 Å². The number of ether oxygens (including phenoxy) is 1. The van der Waals surface area contributed by atoms with Crippen LogP contribution in [0.25, 0.3) is 11.3 Å². The molecule has 0 saturated carbocycles. The molecule has 9 nitrogen and oxygen atoms in total. The Hall–Kier alpha value is -4.35. The lowest BCUT2D eigenvalue weighted by molar-refractivity contribution is -0.274. The van der Waals surface area contributed by atoms with Crippen LogP contribution in [0.3, 0.4) is 0 Å².